The predicted octanol–water partition coefficient (Wildman–Crippen LogP) is 1.77. The molecule has 1 unspecified atom stereocenters. The standard InChI is InChI=1S/C15H21NO5/c1-3-10-7-12(21-11(10)4-2)14(19)16-15(8-13(17)18)5-6-20-9-15/h7H,3-6,8-9H2,1-2H3,(H,16,19)(H,17,18). The van der Waals surface area contributed by atoms with E-state index in [1.165, 1.54) is 0 Å². The molecule has 2 heterocycles. The molecule has 116 valence electrons. The van der Waals surface area contributed by atoms with E-state index in [1.54, 1.807) is 6.07 Å². The molecule has 1 amide bonds. The van der Waals surface area contributed by atoms with Crippen molar-refractivity contribution in [3.05, 3.63) is 23.2 Å². The third-order valence-corrected chi connectivity index (χ3v) is 3.79. The van der Waals surface area contributed by atoms with Crippen LogP contribution < -0.4 is 5.32 Å². The van der Waals surface area contributed by atoms with Crippen LogP contribution in [0.3, 0.4) is 0 Å². The first kappa shape index (κ1) is 15.6. The number of aryl methyl sites for hydroxylation is 2. The second-order valence-electron chi connectivity index (χ2n) is 5.37. The Kier molecular flexibility index (Phi) is 4.67. The molecule has 6 nitrogen and oxygen atoms in total. The number of aliphatic carboxylic acids is 1. The van der Waals surface area contributed by atoms with Crippen molar-refractivity contribution in [2.75, 3.05) is 13.2 Å². The van der Waals surface area contributed by atoms with Gasteiger partial charge in [-0.1, -0.05) is 13.8 Å². The monoisotopic (exact) mass is 295 g/mol. The van der Waals surface area contributed by atoms with Crippen LogP contribution in [0.2, 0.25) is 0 Å². The van der Waals surface area contributed by atoms with E-state index in [0.29, 0.717) is 13.0 Å². The number of carboxylic acid groups (broad SMARTS) is 1. The summed E-state index contributed by atoms with van der Waals surface area (Å²) in [6, 6.07) is 1.73. The molecule has 0 spiro atoms. The first-order chi connectivity index (χ1) is 9.99. The minimum Gasteiger partial charge on any atom is -0.481 e. The zero-order valence-electron chi connectivity index (χ0n) is 12.4. The van der Waals surface area contributed by atoms with Gasteiger partial charge >= 0.3 is 5.97 Å². The zero-order chi connectivity index (χ0) is 15.5. The van der Waals surface area contributed by atoms with Crippen molar-refractivity contribution in [1.82, 2.24) is 5.32 Å². The van der Waals surface area contributed by atoms with Crippen LogP contribution in [0.15, 0.2) is 10.5 Å². The third kappa shape index (κ3) is 3.44. The first-order valence-corrected chi connectivity index (χ1v) is 7.23. The van der Waals surface area contributed by atoms with Gasteiger partial charge < -0.3 is 19.6 Å². The van der Waals surface area contributed by atoms with Crippen molar-refractivity contribution in [3.63, 3.8) is 0 Å². The Labute approximate surface area is 123 Å². The SMILES string of the molecule is CCc1cc(C(=O)NC2(CC(=O)O)CCOC2)oc1CC. The minimum absolute atomic E-state index is 0.152. The average Bonchev–Trinajstić information content (AvgIpc) is 3.04. The maximum absolute atomic E-state index is 12.3. The van der Waals surface area contributed by atoms with Crippen molar-refractivity contribution in [2.45, 2.75) is 45.1 Å². The van der Waals surface area contributed by atoms with Crippen LogP contribution in [0, 0.1) is 0 Å². The average molecular weight is 295 g/mol. The lowest BCUT2D eigenvalue weighted by atomic mass is 9.94. The van der Waals surface area contributed by atoms with Crippen LogP contribution in [0.1, 0.15) is 48.6 Å². The summed E-state index contributed by atoms with van der Waals surface area (Å²) in [7, 11) is 0. The molecule has 6 heteroatoms. The Morgan fingerprint density at radius 2 is 2.14 bits per heavy atom. The number of ether oxygens (including phenoxy) is 1. The number of amides is 1. The summed E-state index contributed by atoms with van der Waals surface area (Å²) in [5.74, 6) is -0.294. The van der Waals surface area contributed by atoms with Gasteiger partial charge in [-0.15, -0.1) is 0 Å². The predicted molar refractivity (Wildman–Crippen MR) is 75.4 cm³/mol. The van der Waals surface area contributed by atoms with Crippen molar-refractivity contribution in [2.24, 2.45) is 0 Å². The fourth-order valence-electron chi connectivity index (χ4n) is 2.66. The van der Waals surface area contributed by atoms with Crippen LogP contribution in [-0.2, 0) is 22.4 Å². The highest BCUT2D eigenvalue weighted by atomic mass is 16.5. The molecule has 0 radical (unpaired) electrons. The third-order valence-electron chi connectivity index (χ3n) is 3.79. The maximum Gasteiger partial charge on any atom is 0.305 e. The number of carbonyl (C=O) groups excluding carboxylic acids is 1. The Hall–Kier alpha value is -1.82. The quantitative estimate of drug-likeness (QED) is 0.835. The van der Waals surface area contributed by atoms with Crippen LogP contribution in [0.25, 0.3) is 0 Å². The topological polar surface area (TPSA) is 88.8 Å². The summed E-state index contributed by atoms with van der Waals surface area (Å²) in [4.78, 5) is 23.3. The highest BCUT2D eigenvalue weighted by Gasteiger charge is 2.39. The second-order valence-corrected chi connectivity index (χ2v) is 5.37. The molecule has 0 aromatic carbocycles. The van der Waals surface area contributed by atoms with Crippen LogP contribution >= 0.6 is 0 Å². The lowest BCUT2D eigenvalue weighted by Crippen LogP contribution is -2.50. The largest absolute Gasteiger partial charge is 0.481 e. The van der Waals surface area contributed by atoms with Gasteiger partial charge in [-0.2, -0.15) is 0 Å². The highest BCUT2D eigenvalue weighted by molar-refractivity contribution is 5.92. The fourth-order valence-corrected chi connectivity index (χ4v) is 2.66. The normalized spacial score (nSPS) is 21.4. The molecule has 0 saturated carbocycles. The molecule has 21 heavy (non-hydrogen) atoms. The Morgan fingerprint density at radius 1 is 1.38 bits per heavy atom. The van der Waals surface area contributed by atoms with Gasteiger partial charge in [0, 0.05) is 13.0 Å². The molecule has 0 aliphatic carbocycles. The number of carbonyl (C=O) groups is 2. The first-order valence-electron chi connectivity index (χ1n) is 7.23. The molecular formula is C15H21NO5. The molecule has 2 N–H and O–H groups in total. The van der Waals surface area contributed by atoms with Crippen LogP contribution in [0.5, 0.6) is 0 Å². The van der Waals surface area contributed by atoms with Gasteiger partial charge in [0.1, 0.15) is 5.76 Å². The van der Waals surface area contributed by atoms with Crippen LogP contribution in [-0.4, -0.2) is 35.7 Å². The maximum atomic E-state index is 12.3. The Balaban J connectivity index is 2.15. The van der Waals surface area contributed by atoms with Crippen molar-refractivity contribution >= 4 is 11.9 Å². The van der Waals surface area contributed by atoms with Crippen LogP contribution in [0.4, 0.5) is 0 Å². The smallest absolute Gasteiger partial charge is 0.305 e. The molecule has 1 aromatic heterocycles. The summed E-state index contributed by atoms with van der Waals surface area (Å²) in [5.41, 5.74) is 0.173. The van der Waals surface area contributed by atoms with E-state index in [9.17, 15) is 9.59 Å². The molecule has 1 aromatic rings. The molecule has 1 aliphatic rings. The van der Waals surface area contributed by atoms with E-state index in [4.69, 9.17) is 14.3 Å². The van der Waals surface area contributed by atoms with Gasteiger partial charge in [0.15, 0.2) is 5.76 Å². The molecular weight excluding hydrogens is 274 g/mol. The van der Waals surface area contributed by atoms with Crippen molar-refractivity contribution in [3.8, 4) is 0 Å². The highest BCUT2D eigenvalue weighted by Crippen LogP contribution is 2.24. The van der Waals surface area contributed by atoms with E-state index in [-0.39, 0.29) is 24.7 Å². The van der Waals surface area contributed by atoms with E-state index in [0.717, 1.165) is 24.2 Å². The molecule has 1 saturated heterocycles. The lowest BCUT2D eigenvalue weighted by molar-refractivity contribution is -0.138. The number of hydrogen-bond acceptors (Lipinski definition) is 4. The van der Waals surface area contributed by atoms with E-state index >= 15 is 0 Å². The van der Waals surface area contributed by atoms with Gasteiger partial charge in [0.2, 0.25) is 0 Å². The number of nitrogens with one attached hydrogen (secondary N) is 1. The van der Waals surface area contributed by atoms with Gasteiger partial charge in [-0.25, -0.2) is 0 Å². The van der Waals surface area contributed by atoms with Gasteiger partial charge in [0.05, 0.1) is 18.6 Å². The summed E-state index contributed by atoms with van der Waals surface area (Å²) >= 11 is 0. The van der Waals surface area contributed by atoms with Gasteiger partial charge in [0.25, 0.3) is 5.91 Å². The van der Waals surface area contributed by atoms with Crippen molar-refractivity contribution in [1.29, 1.82) is 0 Å². The Bertz CT molecular complexity index is 507. The fraction of sp³-hybridized carbons (Fsp3) is 0.600. The number of furan rings is 1. The second kappa shape index (κ2) is 6.30. The summed E-state index contributed by atoms with van der Waals surface area (Å²) in [5, 5.41) is 11.8. The summed E-state index contributed by atoms with van der Waals surface area (Å²) < 4.78 is 10.8. The zero-order valence-corrected chi connectivity index (χ0v) is 12.4. The van der Waals surface area contributed by atoms with E-state index < -0.39 is 11.5 Å². The van der Waals surface area contributed by atoms with Crippen molar-refractivity contribution < 1.29 is 23.8 Å². The molecule has 1 fully saturated rings. The minimum atomic E-state index is -0.955. The summed E-state index contributed by atoms with van der Waals surface area (Å²) in [6.07, 6.45) is 1.86. The lowest BCUT2D eigenvalue weighted by Gasteiger charge is -2.26. The van der Waals surface area contributed by atoms with E-state index in [2.05, 4.69) is 5.32 Å². The molecule has 2 rings (SSSR count). The number of carboxylic acids is 1. The molecule has 0 bridgehead atoms. The van der Waals surface area contributed by atoms with Gasteiger partial charge in [-0.3, -0.25) is 9.59 Å². The van der Waals surface area contributed by atoms with E-state index in [1.807, 2.05) is 13.8 Å². The molecule has 1 atom stereocenters. The Morgan fingerprint density at radius 3 is 2.62 bits per heavy atom. The number of rotatable bonds is 6. The number of hydrogen-bond donors (Lipinski definition) is 2. The molecule has 1 aliphatic heterocycles. The van der Waals surface area contributed by atoms with Gasteiger partial charge in [-0.05, 0) is 24.5 Å². The summed E-state index contributed by atoms with van der Waals surface area (Å²) in [6.45, 7) is 4.64.